The van der Waals surface area contributed by atoms with Gasteiger partial charge in [-0.1, -0.05) is 80.6 Å². The zero-order valence-corrected chi connectivity index (χ0v) is 20.1. The van der Waals surface area contributed by atoms with Crippen LogP contribution in [-0.4, -0.2) is 18.5 Å². The van der Waals surface area contributed by atoms with Gasteiger partial charge in [-0.25, -0.2) is 8.78 Å². The smallest absolute Gasteiger partial charge is 0.306 e. The largest absolute Gasteiger partial charge is 0.466 e. The minimum Gasteiger partial charge on any atom is -0.466 e. The van der Waals surface area contributed by atoms with Gasteiger partial charge in [-0.2, -0.15) is 0 Å². The van der Waals surface area contributed by atoms with Crippen LogP contribution in [0.2, 0.25) is 0 Å². The predicted octanol–water partition coefficient (Wildman–Crippen LogP) is 7.40. The number of carbonyl (C=O) groups is 2. The van der Waals surface area contributed by atoms with E-state index < -0.39 is 24.2 Å². The van der Waals surface area contributed by atoms with Gasteiger partial charge in [-0.3, -0.25) is 9.59 Å². The first-order chi connectivity index (χ1) is 14.9. The Bertz CT molecular complexity index is 644. The summed E-state index contributed by atoms with van der Waals surface area (Å²) in [6.07, 6.45) is 12.6. The molecule has 0 spiro atoms. The Hall–Kier alpha value is -1.50. The fourth-order valence-electron chi connectivity index (χ4n) is 3.16. The number of esters is 2. The summed E-state index contributed by atoms with van der Waals surface area (Å²) in [6, 6.07) is 2.22. The van der Waals surface area contributed by atoms with E-state index in [0.717, 1.165) is 31.4 Å². The molecule has 0 atom stereocenters. The maximum absolute atomic E-state index is 13.7. The van der Waals surface area contributed by atoms with E-state index in [1.807, 2.05) is 0 Å². The Kier molecular flexibility index (Phi) is 15.2. The summed E-state index contributed by atoms with van der Waals surface area (Å²) in [5.74, 6) is -2.51. The van der Waals surface area contributed by atoms with Crippen LogP contribution < -0.4 is 0 Å². The maximum atomic E-state index is 13.7. The number of carbonyl (C=O) groups excluding carboxylic acids is 2. The van der Waals surface area contributed by atoms with Crippen molar-refractivity contribution < 1.29 is 27.8 Å². The van der Waals surface area contributed by atoms with Gasteiger partial charge in [0.2, 0.25) is 0 Å². The van der Waals surface area contributed by atoms with Crippen LogP contribution in [0.4, 0.5) is 8.78 Å². The molecule has 176 valence electrons. The van der Waals surface area contributed by atoms with Gasteiger partial charge in [0.15, 0.2) is 0 Å². The zero-order valence-electron chi connectivity index (χ0n) is 18.5. The first-order valence-corrected chi connectivity index (χ1v) is 12.2. The van der Waals surface area contributed by atoms with Crippen molar-refractivity contribution in [3.8, 4) is 0 Å². The molecule has 0 amide bonds. The second kappa shape index (κ2) is 17.1. The minimum absolute atomic E-state index is 0.00682. The molecule has 0 N–H and O–H groups in total. The maximum Gasteiger partial charge on any atom is 0.306 e. The standard InChI is InChI=1S/C24H35BrF2O4/c1-2-3-4-5-6-7-8-9-10-11-15-30-23(28)13-12-14-24(29)31-18-20-21(26)16-19(25)17-22(20)27/h16-17H,2-15,18H2,1H3. The van der Waals surface area contributed by atoms with Gasteiger partial charge < -0.3 is 9.47 Å². The molecule has 0 unspecified atom stereocenters. The third kappa shape index (κ3) is 13.5. The Balaban J connectivity index is 2.00. The van der Waals surface area contributed by atoms with Crippen molar-refractivity contribution in [1.29, 1.82) is 0 Å². The van der Waals surface area contributed by atoms with Crippen molar-refractivity contribution in [3.05, 3.63) is 33.8 Å². The fourth-order valence-corrected chi connectivity index (χ4v) is 3.56. The third-order valence-corrected chi connectivity index (χ3v) is 5.46. The molecule has 0 bridgehead atoms. The van der Waals surface area contributed by atoms with Gasteiger partial charge in [0, 0.05) is 17.3 Å². The highest BCUT2D eigenvalue weighted by Gasteiger charge is 2.13. The van der Waals surface area contributed by atoms with E-state index >= 15 is 0 Å². The van der Waals surface area contributed by atoms with E-state index in [4.69, 9.17) is 9.47 Å². The Morgan fingerprint density at radius 3 is 1.81 bits per heavy atom. The first-order valence-electron chi connectivity index (χ1n) is 11.4. The second-order valence-electron chi connectivity index (χ2n) is 7.76. The lowest BCUT2D eigenvalue weighted by Gasteiger charge is -2.08. The Morgan fingerprint density at radius 1 is 0.774 bits per heavy atom. The molecule has 0 aromatic heterocycles. The van der Waals surface area contributed by atoms with E-state index in [0.29, 0.717) is 6.61 Å². The van der Waals surface area contributed by atoms with Crippen molar-refractivity contribution >= 4 is 27.9 Å². The van der Waals surface area contributed by atoms with Crippen LogP contribution >= 0.6 is 15.9 Å². The van der Waals surface area contributed by atoms with Crippen molar-refractivity contribution in [2.75, 3.05) is 6.61 Å². The lowest BCUT2D eigenvalue weighted by atomic mass is 10.1. The van der Waals surface area contributed by atoms with Crippen LogP contribution in [0, 0.1) is 11.6 Å². The van der Waals surface area contributed by atoms with E-state index in [1.165, 1.54) is 44.9 Å². The number of hydrogen-bond acceptors (Lipinski definition) is 4. The van der Waals surface area contributed by atoms with Gasteiger partial charge in [0.1, 0.15) is 18.2 Å². The number of halogens is 3. The molecule has 0 saturated carbocycles. The van der Waals surface area contributed by atoms with E-state index in [9.17, 15) is 18.4 Å². The third-order valence-electron chi connectivity index (χ3n) is 5.01. The number of benzene rings is 1. The SMILES string of the molecule is CCCCCCCCCCCCOC(=O)CCCC(=O)OCc1c(F)cc(Br)cc1F. The molecule has 7 heteroatoms. The topological polar surface area (TPSA) is 52.6 Å². The lowest BCUT2D eigenvalue weighted by molar-refractivity contribution is -0.146. The summed E-state index contributed by atoms with van der Waals surface area (Å²) in [7, 11) is 0. The van der Waals surface area contributed by atoms with E-state index in [1.54, 1.807) is 0 Å². The highest BCUT2D eigenvalue weighted by molar-refractivity contribution is 9.10. The normalized spacial score (nSPS) is 10.8. The number of rotatable bonds is 17. The molecule has 0 aliphatic carbocycles. The molecule has 31 heavy (non-hydrogen) atoms. The zero-order chi connectivity index (χ0) is 22.9. The highest BCUT2D eigenvalue weighted by atomic mass is 79.9. The van der Waals surface area contributed by atoms with Crippen LogP contribution in [0.5, 0.6) is 0 Å². The average molecular weight is 505 g/mol. The van der Waals surface area contributed by atoms with Crippen molar-refractivity contribution in [2.24, 2.45) is 0 Å². The van der Waals surface area contributed by atoms with Crippen LogP contribution in [0.1, 0.15) is 96.0 Å². The van der Waals surface area contributed by atoms with Crippen LogP contribution in [-0.2, 0) is 25.7 Å². The Labute approximate surface area is 193 Å². The molecule has 0 radical (unpaired) electrons. The van der Waals surface area contributed by atoms with Gasteiger partial charge in [-0.15, -0.1) is 0 Å². The van der Waals surface area contributed by atoms with Crippen LogP contribution in [0.3, 0.4) is 0 Å². The van der Waals surface area contributed by atoms with E-state index in [2.05, 4.69) is 22.9 Å². The fraction of sp³-hybridized carbons (Fsp3) is 0.667. The van der Waals surface area contributed by atoms with Gasteiger partial charge >= 0.3 is 11.9 Å². The number of ether oxygens (including phenoxy) is 2. The Morgan fingerprint density at radius 2 is 1.26 bits per heavy atom. The van der Waals surface area contributed by atoms with Crippen molar-refractivity contribution in [2.45, 2.75) is 97.0 Å². The minimum atomic E-state index is -0.782. The van der Waals surface area contributed by atoms with Gasteiger partial charge in [0.25, 0.3) is 0 Å². The molecule has 1 rings (SSSR count). The summed E-state index contributed by atoms with van der Waals surface area (Å²) in [5, 5.41) is 0. The molecule has 4 nitrogen and oxygen atoms in total. The van der Waals surface area contributed by atoms with Crippen LogP contribution in [0.25, 0.3) is 0 Å². The van der Waals surface area contributed by atoms with Crippen molar-refractivity contribution in [3.63, 3.8) is 0 Å². The molecule has 0 saturated heterocycles. The molecular formula is C24H35BrF2O4. The van der Waals surface area contributed by atoms with Crippen molar-refractivity contribution in [1.82, 2.24) is 0 Å². The van der Waals surface area contributed by atoms with Crippen LogP contribution in [0.15, 0.2) is 16.6 Å². The predicted molar refractivity (Wildman–Crippen MR) is 121 cm³/mol. The molecule has 0 heterocycles. The monoisotopic (exact) mass is 504 g/mol. The van der Waals surface area contributed by atoms with Gasteiger partial charge in [-0.05, 0) is 25.0 Å². The number of hydrogen-bond donors (Lipinski definition) is 0. The molecule has 0 aliphatic heterocycles. The second-order valence-corrected chi connectivity index (χ2v) is 8.68. The molecule has 0 fully saturated rings. The van der Waals surface area contributed by atoms with Gasteiger partial charge in [0.05, 0.1) is 12.2 Å². The summed E-state index contributed by atoms with van der Waals surface area (Å²) < 4.78 is 37.7. The molecular weight excluding hydrogens is 470 g/mol. The summed E-state index contributed by atoms with van der Waals surface area (Å²) >= 11 is 2.99. The molecule has 1 aromatic rings. The quantitative estimate of drug-likeness (QED) is 0.164. The molecule has 0 aliphatic rings. The highest BCUT2D eigenvalue weighted by Crippen LogP contribution is 2.20. The average Bonchev–Trinajstić information content (AvgIpc) is 2.71. The number of unbranched alkanes of at least 4 members (excludes halogenated alkanes) is 9. The summed E-state index contributed by atoms with van der Waals surface area (Å²) in [6.45, 7) is 2.15. The van der Waals surface area contributed by atoms with E-state index in [-0.39, 0.29) is 35.3 Å². The summed E-state index contributed by atoms with van der Waals surface area (Å²) in [4.78, 5) is 23.4. The summed E-state index contributed by atoms with van der Waals surface area (Å²) in [5.41, 5.74) is -0.299. The first kappa shape index (κ1) is 27.5. The lowest BCUT2D eigenvalue weighted by Crippen LogP contribution is -2.10. The molecule has 1 aromatic carbocycles.